The van der Waals surface area contributed by atoms with Gasteiger partial charge in [0.15, 0.2) is 5.82 Å². The maximum Gasteiger partial charge on any atom is 0.257 e. The van der Waals surface area contributed by atoms with Crippen LogP contribution in [0, 0.1) is 18.3 Å². The van der Waals surface area contributed by atoms with Gasteiger partial charge in [0.1, 0.15) is 6.07 Å². The van der Waals surface area contributed by atoms with E-state index in [4.69, 9.17) is 16.9 Å². The molecule has 0 atom stereocenters. The van der Waals surface area contributed by atoms with E-state index < -0.39 is 0 Å². The monoisotopic (exact) mass is 271 g/mol. The Morgan fingerprint density at radius 1 is 1.37 bits per heavy atom. The molecule has 0 aliphatic rings. The minimum absolute atomic E-state index is 0.245. The number of hydrogen-bond acceptors (Lipinski definition) is 3. The number of hydrogen-bond donors (Lipinski definition) is 1. The number of nitrogens with zero attached hydrogens (tertiary/aromatic N) is 2. The summed E-state index contributed by atoms with van der Waals surface area (Å²) in [6.45, 7) is 1.76. The van der Waals surface area contributed by atoms with E-state index in [1.54, 1.807) is 37.3 Å². The van der Waals surface area contributed by atoms with Gasteiger partial charge < -0.3 is 5.32 Å². The van der Waals surface area contributed by atoms with Crippen LogP contribution in [-0.2, 0) is 0 Å². The summed E-state index contributed by atoms with van der Waals surface area (Å²) >= 11 is 5.97. The Morgan fingerprint density at radius 2 is 2.16 bits per heavy atom. The molecule has 0 saturated carbocycles. The standard InChI is InChI=1S/C14H10ClN3O/c1-9-11(5-2-6-12(9)15)14(19)18-13-10(8-16)4-3-7-17-13/h2-7H,1H3,(H,17,18,19). The van der Waals surface area contributed by atoms with Crippen LogP contribution in [0.1, 0.15) is 21.5 Å². The molecule has 2 aromatic rings. The number of benzene rings is 1. The van der Waals surface area contributed by atoms with Gasteiger partial charge in [-0.3, -0.25) is 4.79 Å². The molecule has 0 spiro atoms. The molecule has 0 saturated heterocycles. The van der Waals surface area contributed by atoms with Gasteiger partial charge >= 0.3 is 0 Å². The maximum atomic E-state index is 12.1. The molecule has 1 aromatic carbocycles. The van der Waals surface area contributed by atoms with Gasteiger partial charge in [0, 0.05) is 16.8 Å². The first-order valence-electron chi connectivity index (χ1n) is 5.55. The molecule has 0 fully saturated rings. The SMILES string of the molecule is Cc1c(Cl)cccc1C(=O)Nc1ncccc1C#N. The number of pyridine rings is 1. The minimum Gasteiger partial charge on any atom is -0.305 e. The zero-order valence-corrected chi connectivity index (χ0v) is 10.9. The van der Waals surface area contributed by atoms with Crippen molar-refractivity contribution in [1.82, 2.24) is 4.98 Å². The molecule has 0 aliphatic heterocycles. The minimum atomic E-state index is -0.338. The molecular weight excluding hydrogens is 262 g/mol. The average Bonchev–Trinajstić information content (AvgIpc) is 2.42. The molecule has 94 valence electrons. The Kier molecular flexibility index (Phi) is 3.79. The summed E-state index contributed by atoms with van der Waals surface area (Å²) in [6.07, 6.45) is 1.52. The van der Waals surface area contributed by atoms with E-state index in [9.17, 15) is 4.79 Å². The topological polar surface area (TPSA) is 65.8 Å². The van der Waals surface area contributed by atoms with E-state index in [2.05, 4.69) is 10.3 Å². The fraction of sp³-hybridized carbons (Fsp3) is 0.0714. The van der Waals surface area contributed by atoms with Crippen molar-refractivity contribution in [2.24, 2.45) is 0 Å². The van der Waals surface area contributed by atoms with Crippen LogP contribution >= 0.6 is 11.6 Å². The molecular formula is C14H10ClN3O. The second-order valence-corrected chi connectivity index (χ2v) is 4.29. The number of rotatable bonds is 2. The highest BCUT2D eigenvalue weighted by Crippen LogP contribution is 2.20. The molecule has 1 N–H and O–H groups in total. The lowest BCUT2D eigenvalue weighted by Gasteiger charge is -2.08. The second kappa shape index (κ2) is 5.51. The maximum absolute atomic E-state index is 12.1. The molecule has 4 nitrogen and oxygen atoms in total. The summed E-state index contributed by atoms with van der Waals surface area (Å²) in [5, 5.41) is 12.1. The normalized spacial score (nSPS) is 9.74. The number of anilines is 1. The van der Waals surface area contributed by atoms with E-state index in [-0.39, 0.29) is 11.7 Å². The first-order valence-corrected chi connectivity index (χ1v) is 5.93. The summed E-state index contributed by atoms with van der Waals surface area (Å²) in [6, 6.07) is 10.3. The second-order valence-electron chi connectivity index (χ2n) is 3.88. The number of carbonyl (C=O) groups excluding carboxylic acids is 1. The van der Waals surface area contributed by atoms with Crippen LogP contribution in [0.4, 0.5) is 5.82 Å². The summed E-state index contributed by atoms with van der Waals surface area (Å²) in [5.74, 6) is -0.0930. The van der Waals surface area contributed by atoms with E-state index in [0.29, 0.717) is 21.7 Å². The third kappa shape index (κ3) is 2.72. The lowest BCUT2D eigenvalue weighted by Crippen LogP contribution is -2.15. The lowest BCUT2D eigenvalue weighted by molar-refractivity contribution is 0.102. The molecule has 1 heterocycles. The largest absolute Gasteiger partial charge is 0.305 e. The van der Waals surface area contributed by atoms with Gasteiger partial charge in [0.05, 0.1) is 5.56 Å². The quantitative estimate of drug-likeness (QED) is 0.912. The molecule has 1 aromatic heterocycles. The van der Waals surface area contributed by atoms with Crippen LogP contribution in [0.5, 0.6) is 0 Å². The molecule has 5 heteroatoms. The van der Waals surface area contributed by atoms with Crippen molar-refractivity contribution < 1.29 is 4.79 Å². The molecule has 1 amide bonds. The van der Waals surface area contributed by atoms with Crippen LogP contribution in [0.15, 0.2) is 36.5 Å². The highest BCUT2D eigenvalue weighted by molar-refractivity contribution is 6.32. The Hall–Kier alpha value is -2.38. The predicted octanol–water partition coefficient (Wildman–Crippen LogP) is 3.17. The fourth-order valence-corrected chi connectivity index (χ4v) is 1.80. The van der Waals surface area contributed by atoms with Crippen molar-refractivity contribution in [1.29, 1.82) is 5.26 Å². The van der Waals surface area contributed by atoms with Crippen molar-refractivity contribution in [3.05, 3.63) is 58.2 Å². The van der Waals surface area contributed by atoms with Crippen molar-refractivity contribution in [3.8, 4) is 6.07 Å². The fourth-order valence-electron chi connectivity index (χ4n) is 1.62. The highest BCUT2D eigenvalue weighted by Gasteiger charge is 2.13. The van der Waals surface area contributed by atoms with Gasteiger partial charge in [-0.1, -0.05) is 17.7 Å². The number of carbonyl (C=O) groups is 1. The van der Waals surface area contributed by atoms with Gasteiger partial charge in [-0.15, -0.1) is 0 Å². The van der Waals surface area contributed by atoms with Crippen molar-refractivity contribution in [2.75, 3.05) is 5.32 Å². The van der Waals surface area contributed by atoms with Crippen LogP contribution < -0.4 is 5.32 Å². The van der Waals surface area contributed by atoms with Gasteiger partial charge in [0.25, 0.3) is 5.91 Å². The number of nitrogens with one attached hydrogen (secondary N) is 1. The Bertz CT molecular complexity index is 677. The van der Waals surface area contributed by atoms with E-state index in [1.807, 2.05) is 6.07 Å². The summed E-state index contributed by atoms with van der Waals surface area (Å²) in [5.41, 5.74) is 1.47. The number of halogens is 1. The van der Waals surface area contributed by atoms with Crippen molar-refractivity contribution in [3.63, 3.8) is 0 Å². The van der Waals surface area contributed by atoms with Crippen LogP contribution in [0.2, 0.25) is 5.02 Å². The van der Waals surface area contributed by atoms with Crippen molar-refractivity contribution >= 4 is 23.3 Å². The summed E-state index contributed by atoms with van der Waals surface area (Å²) < 4.78 is 0. The van der Waals surface area contributed by atoms with Crippen LogP contribution in [0.3, 0.4) is 0 Å². The average molecular weight is 272 g/mol. The molecule has 2 rings (SSSR count). The van der Waals surface area contributed by atoms with Gasteiger partial charge in [-0.25, -0.2) is 4.98 Å². The summed E-state index contributed by atoms with van der Waals surface area (Å²) in [4.78, 5) is 16.1. The molecule has 0 unspecified atom stereocenters. The first-order chi connectivity index (χ1) is 9.13. The van der Waals surface area contributed by atoms with Gasteiger partial charge in [-0.05, 0) is 36.8 Å². The number of aromatic nitrogens is 1. The molecule has 0 radical (unpaired) electrons. The zero-order valence-electron chi connectivity index (χ0n) is 10.1. The third-order valence-electron chi connectivity index (χ3n) is 2.67. The van der Waals surface area contributed by atoms with Crippen LogP contribution in [-0.4, -0.2) is 10.9 Å². The van der Waals surface area contributed by atoms with Gasteiger partial charge in [0.2, 0.25) is 0 Å². The Labute approximate surface area is 115 Å². The van der Waals surface area contributed by atoms with E-state index >= 15 is 0 Å². The number of nitriles is 1. The van der Waals surface area contributed by atoms with Gasteiger partial charge in [-0.2, -0.15) is 5.26 Å². The lowest BCUT2D eigenvalue weighted by atomic mass is 10.1. The predicted molar refractivity (Wildman–Crippen MR) is 73.1 cm³/mol. The molecule has 0 aliphatic carbocycles. The zero-order chi connectivity index (χ0) is 13.8. The summed E-state index contributed by atoms with van der Waals surface area (Å²) in [7, 11) is 0. The number of amides is 1. The van der Waals surface area contributed by atoms with E-state index in [1.165, 1.54) is 6.20 Å². The Morgan fingerprint density at radius 3 is 2.89 bits per heavy atom. The smallest absolute Gasteiger partial charge is 0.257 e. The molecule has 0 bridgehead atoms. The van der Waals surface area contributed by atoms with E-state index in [0.717, 1.165) is 0 Å². The molecule has 19 heavy (non-hydrogen) atoms. The first kappa shape index (κ1) is 13.1. The van der Waals surface area contributed by atoms with Crippen molar-refractivity contribution in [2.45, 2.75) is 6.92 Å². The van der Waals surface area contributed by atoms with Crippen LogP contribution in [0.25, 0.3) is 0 Å². The highest BCUT2D eigenvalue weighted by atomic mass is 35.5. The third-order valence-corrected chi connectivity index (χ3v) is 3.08. The Balaban J connectivity index is 2.32.